The molecule has 0 spiro atoms. The molecule has 3 rings (SSSR count). The highest BCUT2D eigenvalue weighted by molar-refractivity contribution is 6.32. The number of primary amides is 1. The summed E-state index contributed by atoms with van der Waals surface area (Å²) in [6.07, 6.45) is 1.58. The van der Waals surface area contributed by atoms with E-state index in [-0.39, 0.29) is 17.9 Å². The van der Waals surface area contributed by atoms with Gasteiger partial charge in [0, 0.05) is 13.1 Å². The van der Waals surface area contributed by atoms with Crippen molar-refractivity contribution in [1.82, 2.24) is 9.80 Å². The third-order valence-electron chi connectivity index (χ3n) is 4.37. The molecule has 0 saturated carbocycles. The Bertz CT molecular complexity index is 604. The first-order valence-corrected chi connectivity index (χ1v) is 8.16. The van der Waals surface area contributed by atoms with Gasteiger partial charge in [-0.05, 0) is 25.0 Å². The molecule has 2 heterocycles. The largest absolute Gasteiger partial charge is 0.485 e. The van der Waals surface area contributed by atoms with Crippen LogP contribution < -0.4 is 10.5 Å². The summed E-state index contributed by atoms with van der Waals surface area (Å²) < 4.78 is 5.80. The van der Waals surface area contributed by atoms with Crippen LogP contribution in [0.3, 0.4) is 0 Å². The van der Waals surface area contributed by atoms with Crippen LogP contribution >= 0.6 is 11.6 Å². The van der Waals surface area contributed by atoms with E-state index >= 15 is 0 Å². The van der Waals surface area contributed by atoms with Crippen LogP contribution in [0, 0.1) is 5.92 Å². The van der Waals surface area contributed by atoms with Crippen molar-refractivity contribution in [3.63, 3.8) is 0 Å². The van der Waals surface area contributed by atoms with Gasteiger partial charge in [-0.3, -0.25) is 4.79 Å². The number of rotatable bonds is 3. The number of urea groups is 1. The number of amides is 3. The summed E-state index contributed by atoms with van der Waals surface area (Å²) in [5.41, 5.74) is 5.30. The highest BCUT2D eigenvalue weighted by Gasteiger charge is 2.37. The fourth-order valence-corrected chi connectivity index (χ4v) is 3.23. The summed E-state index contributed by atoms with van der Waals surface area (Å²) in [6, 6.07) is 6.85. The van der Waals surface area contributed by atoms with Gasteiger partial charge in [0.15, 0.2) is 0 Å². The SMILES string of the molecule is NC(=O)N1CCCC(C(=O)N2CC(Oc3ccccc3Cl)C2)C1. The Hall–Kier alpha value is -1.95. The molecule has 3 amide bonds. The summed E-state index contributed by atoms with van der Waals surface area (Å²) in [5, 5.41) is 0.571. The summed E-state index contributed by atoms with van der Waals surface area (Å²) >= 11 is 6.06. The van der Waals surface area contributed by atoms with Gasteiger partial charge >= 0.3 is 6.03 Å². The van der Waals surface area contributed by atoms with E-state index in [9.17, 15) is 9.59 Å². The number of piperidine rings is 1. The van der Waals surface area contributed by atoms with Crippen molar-refractivity contribution in [1.29, 1.82) is 0 Å². The maximum atomic E-state index is 12.5. The molecule has 2 aliphatic rings. The van der Waals surface area contributed by atoms with Gasteiger partial charge in [0.1, 0.15) is 11.9 Å². The molecule has 0 aromatic heterocycles. The second-order valence-corrected chi connectivity index (χ2v) is 6.44. The van der Waals surface area contributed by atoms with Crippen molar-refractivity contribution in [2.45, 2.75) is 18.9 Å². The van der Waals surface area contributed by atoms with Crippen LogP contribution in [0.4, 0.5) is 4.79 Å². The zero-order valence-corrected chi connectivity index (χ0v) is 13.5. The maximum Gasteiger partial charge on any atom is 0.314 e. The molecular weight excluding hydrogens is 318 g/mol. The topological polar surface area (TPSA) is 75.9 Å². The predicted octanol–water partition coefficient (Wildman–Crippen LogP) is 1.72. The van der Waals surface area contributed by atoms with Gasteiger partial charge in [-0.15, -0.1) is 0 Å². The van der Waals surface area contributed by atoms with E-state index in [2.05, 4.69) is 0 Å². The minimum absolute atomic E-state index is 0.0327. The summed E-state index contributed by atoms with van der Waals surface area (Å²) in [4.78, 5) is 27.1. The first-order chi connectivity index (χ1) is 11.0. The second kappa shape index (κ2) is 6.66. The molecule has 1 aromatic rings. The fourth-order valence-electron chi connectivity index (χ4n) is 3.05. The molecule has 2 aliphatic heterocycles. The number of benzene rings is 1. The zero-order valence-electron chi connectivity index (χ0n) is 12.8. The Morgan fingerprint density at radius 2 is 1.91 bits per heavy atom. The Labute approximate surface area is 140 Å². The number of nitrogens with two attached hydrogens (primary N) is 1. The van der Waals surface area contributed by atoms with Gasteiger partial charge in [0.2, 0.25) is 5.91 Å². The molecule has 0 bridgehead atoms. The molecular formula is C16H20ClN3O3. The Kier molecular flexibility index (Phi) is 4.61. The predicted molar refractivity (Wildman–Crippen MR) is 86.3 cm³/mol. The third kappa shape index (κ3) is 3.52. The van der Waals surface area contributed by atoms with E-state index in [0.29, 0.717) is 37.0 Å². The van der Waals surface area contributed by atoms with Crippen LogP contribution in [0.5, 0.6) is 5.75 Å². The number of carbonyl (C=O) groups is 2. The van der Waals surface area contributed by atoms with Gasteiger partial charge < -0.3 is 20.3 Å². The van der Waals surface area contributed by atoms with E-state index < -0.39 is 6.03 Å². The standard InChI is InChI=1S/C16H20ClN3O3/c17-13-5-1-2-6-14(13)23-12-9-20(10-12)15(21)11-4-3-7-19(8-11)16(18)22/h1-2,5-6,11-12H,3-4,7-10H2,(H2,18,22). The highest BCUT2D eigenvalue weighted by Crippen LogP contribution is 2.28. The molecule has 2 saturated heterocycles. The lowest BCUT2D eigenvalue weighted by molar-refractivity contribution is -0.145. The molecule has 1 unspecified atom stereocenters. The molecule has 23 heavy (non-hydrogen) atoms. The molecule has 7 heteroatoms. The minimum atomic E-state index is -0.453. The number of hydrogen-bond acceptors (Lipinski definition) is 3. The number of halogens is 1. The lowest BCUT2D eigenvalue weighted by Crippen LogP contribution is -2.59. The average molecular weight is 338 g/mol. The van der Waals surface area contributed by atoms with Gasteiger partial charge in [-0.2, -0.15) is 0 Å². The quantitative estimate of drug-likeness (QED) is 0.912. The van der Waals surface area contributed by atoms with E-state index in [1.807, 2.05) is 18.2 Å². The molecule has 0 aliphatic carbocycles. The number of likely N-dealkylation sites (tertiary alicyclic amines) is 2. The summed E-state index contributed by atoms with van der Waals surface area (Å²) in [7, 11) is 0. The van der Waals surface area contributed by atoms with Gasteiger partial charge in [0.05, 0.1) is 24.0 Å². The molecule has 124 valence electrons. The van der Waals surface area contributed by atoms with Crippen LogP contribution in [-0.4, -0.2) is 54.0 Å². The number of para-hydroxylation sites is 1. The lowest BCUT2D eigenvalue weighted by atomic mass is 9.95. The molecule has 1 aromatic carbocycles. The van der Waals surface area contributed by atoms with Crippen molar-refractivity contribution in [3.8, 4) is 5.75 Å². The maximum absolute atomic E-state index is 12.5. The van der Waals surface area contributed by atoms with E-state index in [1.165, 1.54) is 0 Å². The smallest absolute Gasteiger partial charge is 0.314 e. The first kappa shape index (κ1) is 15.9. The van der Waals surface area contributed by atoms with Crippen molar-refractivity contribution in [2.24, 2.45) is 11.7 Å². The van der Waals surface area contributed by atoms with Crippen molar-refractivity contribution < 1.29 is 14.3 Å². The van der Waals surface area contributed by atoms with E-state index in [0.717, 1.165) is 12.8 Å². The Balaban J connectivity index is 1.50. The first-order valence-electron chi connectivity index (χ1n) is 7.79. The second-order valence-electron chi connectivity index (χ2n) is 6.04. The molecule has 2 N–H and O–H groups in total. The minimum Gasteiger partial charge on any atom is -0.485 e. The highest BCUT2D eigenvalue weighted by atomic mass is 35.5. The van der Waals surface area contributed by atoms with E-state index in [1.54, 1.807) is 15.9 Å². The van der Waals surface area contributed by atoms with Crippen LogP contribution in [0.15, 0.2) is 24.3 Å². The average Bonchev–Trinajstić information content (AvgIpc) is 2.51. The Morgan fingerprint density at radius 1 is 1.17 bits per heavy atom. The normalized spacial score (nSPS) is 21.7. The monoisotopic (exact) mass is 337 g/mol. The molecule has 2 fully saturated rings. The van der Waals surface area contributed by atoms with Gasteiger partial charge in [-0.25, -0.2) is 4.79 Å². The zero-order chi connectivity index (χ0) is 16.4. The molecule has 1 atom stereocenters. The third-order valence-corrected chi connectivity index (χ3v) is 4.68. The van der Waals surface area contributed by atoms with Crippen LogP contribution in [0.1, 0.15) is 12.8 Å². The molecule has 6 nitrogen and oxygen atoms in total. The summed E-state index contributed by atoms with van der Waals surface area (Å²) in [5.74, 6) is 0.566. The van der Waals surface area contributed by atoms with Crippen molar-refractivity contribution in [2.75, 3.05) is 26.2 Å². The number of nitrogens with zero attached hydrogens (tertiary/aromatic N) is 2. The van der Waals surface area contributed by atoms with Crippen LogP contribution in [-0.2, 0) is 4.79 Å². The van der Waals surface area contributed by atoms with Crippen molar-refractivity contribution >= 4 is 23.5 Å². The fraction of sp³-hybridized carbons (Fsp3) is 0.500. The number of hydrogen-bond donors (Lipinski definition) is 1. The molecule has 0 radical (unpaired) electrons. The van der Waals surface area contributed by atoms with Gasteiger partial charge in [-0.1, -0.05) is 23.7 Å². The lowest BCUT2D eigenvalue weighted by Gasteiger charge is -2.42. The number of ether oxygens (including phenoxy) is 1. The van der Waals surface area contributed by atoms with Crippen molar-refractivity contribution in [3.05, 3.63) is 29.3 Å². The van der Waals surface area contributed by atoms with Gasteiger partial charge in [0.25, 0.3) is 0 Å². The Morgan fingerprint density at radius 3 is 2.61 bits per heavy atom. The van der Waals surface area contributed by atoms with E-state index in [4.69, 9.17) is 22.1 Å². The summed E-state index contributed by atoms with van der Waals surface area (Å²) in [6.45, 7) is 2.16. The van der Waals surface area contributed by atoms with Crippen LogP contribution in [0.2, 0.25) is 5.02 Å². The van der Waals surface area contributed by atoms with Crippen LogP contribution in [0.25, 0.3) is 0 Å². The number of carbonyl (C=O) groups excluding carboxylic acids is 2.